The summed E-state index contributed by atoms with van der Waals surface area (Å²) in [5, 5.41) is 1.23. The second-order valence-corrected chi connectivity index (χ2v) is 10.2. The van der Waals surface area contributed by atoms with Crippen LogP contribution in [0.4, 0.5) is 0 Å². The number of nitrogens with one attached hydrogen (secondary N) is 1. The molecule has 0 saturated carbocycles. The molecule has 0 amide bonds. The number of carbonyl (C=O) groups is 1. The third kappa shape index (κ3) is 3.65. The second kappa shape index (κ2) is 8.40. The molecule has 0 atom stereocenters. The lowest BCUT2D eigenvalue weighted by molar-refractivity contribution is 0.0993. The Morgan fingerprint density at radius 1 is 0.917 bits per heavy atom. The Bertz CT molecular complexity index is 1760. The first-order valence-electron chi connectivity index (χ1n) is 11.9. The Labute approximate surface area is 212 Å². The van der Waals surface area contributed by atoms with Gasteiger partial charge in [-0.05, 0) is 70.1 Å². The lowest BCUT2D eigenvalue weighted by atomic mass is 9.94. The van der Waals surface area contributed by atoms with E-state index < -0.39 is 0 Å². The van der Waals surface area contributed by atoms with Crippen molar-refractivity contribution in [3.63, 3.8) is 0 Å². The predicted molar refractivity (Wildman–Crippen MR) is 148 cm³/mol. The van der Waals surface area contributed by atoms with E-state index >= 15 is 0 Å². The Kier molecular flexibility index (Phi) is 4.89. The lowest BCUT2D eigenvalue weighted by Crippen LogP contribution is -2.06. The van der Waals surface area contributed by atoms with Crippen LogP contribution in [0.5, 0.6) is 0 Å². The fraction of sp³-hybridized carbons (Fsp3) is 0.0645. The van der Waals surface area contributed by atoms with Gasteiger partial charge in [0.15, 0.2) is 5.78 Å². The molecule has 0 bridgehead atoms. The largest absolute Gasteiger partial charge is 0.338 e. The molecule has 0 radical (unpaired) electrons. The van der Waals surface area contributed by atoms with Gasteiger partial charge >= 0.3 is 0 Å². The molecule has 1 N–H and O–H groups in total. The smallest absolute Gasteiger partial charge is 0.167 e. The summed E-state index contributed by atoms with van der Waals surface area (Å²) in [6.45, 7) is 0.660. The molecule has 172 valence electrons. The van der Waals surface area contributed by atoms with Gasteiger partial charge in [0.05, 0.1) is 17.6 Å². The van der Waals surface area contributed by atoms with Gasteiger partial charge in [-0.25, -0.2) is 4.98 Å². The number of hydrogen-bond donors (Lipinski definition) is 1. The van der Waals surface area contributed by atoms with Crippen LogP contribution in [0.25, 0.3) is 42.9 Å². The normalized spacial score (nSPS) is 12.4. The van der Waals surface area contributed by atoms with Crippen molar-refractivity contribution >= 4 is 44.5 Å². The van der Waals surface area contributed by atoms with Crippen molar-refractivity contribution in [1.29, 1.82) is 0 Å². The van der Waals surface area contributed by atoms with Crippen LogP contribution in [0.15, 0.2) is 96.0 Å². The van der Waals surface area contributed by atoms with Crippen LogP contribution < -0.4 is 0 Å². The molecule has 6 aromatic rings. The second-order valence-electron chi connectivity index (χ2n) is 9.11. The van der Waals surface area contributed by atoms with Crippen LogP contribution >= 0.6 is 11.3 Å². The minimum Gasteiger partial charge on any atom is -0.338 e. The molecular weight excluding hydrogens is 462 g/mol. The van der Waals surface area contributed by atoms with Gasteiger partial charge in [-0.15, -0.1) is 11.3 Å². The van der Waals surface area contributed by atoms with Gasteiger partial charge in [0.2, 0.25) is 0 Å². The molecule has 4 aromatic carbocycles. The summed E-state index contributed by atoms with van der Waals surface area (Å²) in [6.07, 6.45) is 2.22. The number of rotatable bonds is 5. The van der Waals surface area contributed by atoms with Crippen LogP contribution in [-0.2, 0) is 13.0 Å². The standard InChI is InChI=1S/C31H21N3OS/c35-28(13-19-6-5-8-21(12-19)31-33-26-9-2-3-10-27(26)34-31)22-14-23-17-32-18-25(23)24(15-22)30-16-20-7-1-4-11-29(20)36-30/h1-12,14-17H,13,18H2,(H,33,34). The van der Waals surface area contributed by atoms with Crippen LogP contribution in [-0.4, -0.2) is 22.0 Å². The molecule has 0 spiro atoms. The van der Waals surface area contributed by atoms with Crippen molar-refractivity contribution < 1.29 is 4.79 Å². The van der Waals surface area contributed by atoms with E-state index in [2.05, 4.69) is 52.4 Å². The van der Waals surface area contributed by atoms with E-state index in [0.717, 1.165) is 44.7 Å². The van der Waals surface area contributed by atoms with Crippen molar-refractivity contribution in [3.05, 3.63) is 113 Å². The molecule has 5 heteroatoms. The minimum absolute atomic E-state index is 0.0993. The first-order chi connectivity index (χ1) is 17.7. The monoisotopic (exact) mass is 483 g/mol. The fourth-order valence-corrected chi connectivity index (χ4v) is 6.03. The highest BCUT2D eigenvalue weighted by Crippen LogP contribution is 2.38. The number of carbonyl (C=O) groups excluding carboxylic acids is 1. The Morgan fingerprint density at radius 2 is 1.81 bits per heavy atom. The van der Waals surface area contributed by atoms with Crippen molar-refractivity contribution in [1.82, 2.24) is 9.97 Å². The van der Waals surface area contributed by atoms with E-state index in [9.17, 15) is 4.79 Å². The summed E-state index contributed by atoms with van der Waals surface area (Å²) in [4.78, 5) is 27.3. The highest BCUT2D eigenvalue weighted by Gasteiger charge is 2.19. The van der Waals surface area contributed by atoms with Gasteiger partial charge in [-0.1, -0.05) is 48.5 Å². The first kappa shape index (κ1) is 21.0. The van der Waals surface area contributed by atoms with E-state index in [0.29, 0.717) is 13.0 Å². The molecule has 0 fully saturated rings. The number of fused-ring (bicyclic) bond motifs is 3. The maximum atomic E-state index is 13.5. The average molecular weight is 484 g/mol. The fourth-order valence-electron chi connectivity index (χ4n) is 4.92. The Hall–Kier alpha value is -4.35. The van der Waals surface area contributed by atoms with Crippen LogP contribution in [0.3, 0.4) is 0 Å². The van der Waals surface area contributed by atoms with Gasteiger partial charge < -0.3 is 4.98 Å². The van der Waals surface area contributed by atoms with Crippen molar-refractivity contribution in [2.75, 3.05) is 0 Å². The summed E-state index contributed by atoms with van der Waals surface area (Å²) in [5.41, 5.74) is 7.97. The topological polar surface area (TPSA) is 58.1 Å². The zero-order chi connectivity index (χ0) is 24.1. The van der Waals surface area contributed by atoms with Crippen molar-refractivity contribution in [3.8, 4) is 21.8 Å². The molecule has 7 rings (SSSR count). The number of para-hydroxylation sites is 2. The number of aromatic nitrogens is 2. The molecule has 2 aromatic heterocycles. The first-order valence-corrected chi connectivity index (χ1v) is 12.8. The summed E-state index contributed by atoms with van der Waals surface area (Å²) in [5.74, 6) is 0.911. The molecule has 3 heterocycles. The molecule has 1 aliphatic rings. The summed E-state index contributed by atoms with van der Waals surface area (Å²) >= 11 is 1.76. The number of hydrogen-bond acceptors (Lipinski definition) is 4. The summed E-state index contributed by atoms with van der Waals surface area (Å²) < 4.78 is 1.25. The van der Waals surface area contributed by atoms with E-state index in [1.165, 1.54) is 20.5 Å². The summed E-state index contributed by atoms with van der Waals surface area (Å²) in [7, 11) is 0. The predicted octanol–water partition coefficient (Wildman–Crippen LogP) is 7.47. The lowest BCUT2D eigenvalue weighted by Gasteiger charge is -2.10. The molecule has 0 unspecified atom stereocenters. The number of thiophene rings is 1. The van der Waals surface area contributed by atoms with Gasteiger partial charge in [0.25, 0.3) is 0 Å². The van der Waals surface area contributed by atoms with Crippen molar-refractivity contribution in [2.45, 2.75) is 13.0 Å². The van der Waals surface area contributed by atoms with Crippen LogP contribution in [0.2, 0.25) is 0 Å². The third-order valence-corrected chi connectivity index (χ3v) is 7.88. The quantitative estimate of drug-likeness (QED) is 0.259. The Morgan fingerprint density at radius 3 is 2.72 bits per heavy atom. The van der Waals surface area contributed by atoms with E-state index in [1.54, 1.807) is 11.3 Å². The number of aromatic amines is 1. The SMILES string of the molecule is O=C(Cc1cccc(-c2nc3ccccc3[nH]2)c1)c1cc2c(c(-c3cc4ccccc4s3)c1)CN=C2. The van der Waals surface area contributed by atoms with Crippen molar-refractivity contribution in [2.24, 2.45) is 4.99 Å². The number of imidazole rings is 1. The number of aliphatic imine (C=N–C) groups is 1. The number of nitrogens with zero attached hydrogens (tertiary/aromatic N) is 2. The van der Waals surface area contributed by atoms with Crippen LogP contribution in [0, 0.1) is 0 Å². The van der Waals surface area contributed by atoms with Gasteiger partial charge in [-0.2, -0.15) is 0 Å². The molecule has 4 nitrogen and oxygen atoms in total. The van der Waals surface area contributed by atoms with Gasteiger partial charge in [-0.3, -0.25) is 9.79 Å². The van der Waals surface area contributed by atoms with E-state index in [-0.39, 0.29) is 5.78 Å². The zero-order valence-corrected chi connectivity index (χ0v) is 20.2. The minimum atomic E-state index is 0.0993. The maximum Gasteiger partial charge on any atom is 0.167 e. The molecule has 0 saturated heterocycles. The number of benzene rings is 4. The highest BCUT2D eigenvalue weighted by atomic mass is 32.1. The van der Waals surface area contributed by atoms with Crippen LogP contribution in [0.1, 0.15) is 27.0 Å². The van der Waals surface area contributed by atoms with Gasteiger partial charge in [0.1, 0.15) is 5.82 Å². The maximum absolute atomic E-state index is 13.5. The number of H-pyrrole nitrogens is 1. The molecule has 36 heavy (non-hydrogen) atoms. The van der Waals surface area contributed by atoms with E-state index in [4.69, 9.17) is 4.98 Å². The average Bonchev–Trinajstić information content (AvgIpc) is 3.65. The molecule has 1 aliphatic heterocycles. The third-order valence-electron chi connectivity index (χ3n) is 6.73. The van der Waals surface area contributed by atoms with E-state index in [1.807, 2.05) is 54.7 Å². The zero-order valence-electron chi connectivity index (χ0n) is 19.4. The molecular formula is C31H21N3OS. The number of ketones is 1. The van der Waals surface area contributed by atoms with Gasteiger partial charge in [0, 0.05) is 33.3 Å². The summed E-state index contributed by atoms with van der Waals surface area (Å²) in [6, 6.07) is 30.7. The molecule has 0 aliphatic carbocycles. The highest BCUT2D eigenvalue weighted by molar-refractivity contribution is 7.22. The Balaban J connectivity index is 1.22. The number of Topliss-reactive ketones (excluding diaryl/α,β-unsaturated/α-hetero) is 1.